The highest BCUT2D eigenvalue weighted by atomic mass is 32.1. The summed E-state index contributed by atoms with van der Waals surface area (Å²) in [6.45, 7) is 5.32. The molecule has 0 amide bonds. The van der Waals surface area contributed by atoms with Crippen LogP contribution in [0, 0.1) is 22.9 Å². The van der Waals surface area contributed by atoms with Crippen LogP contribution in [0.15, 0.2) is 24.3 Å². The Labute approximate surface area is 104 Å². The Kier molecular flexibility index (Phi) is 4.51. The van der Waals surface area contributed by atoms with E-state index in [0.29, 0.717) is 16.9 Å². The summed E-state index contributed by atoms with van der Waals surface area (Å²) >= 11 is 3.99. The van der Waals surface area contributed by atoms with Crippen molar-refractivity contribution in [2.45, 2.75) is 6.92 Å². The van der Waals surface area contributed by atoms with Crippen molar-refractivity contribution in [1.82, 2.24) is 0 Å². The molecular formula is C11H12FNO3S. The molecule has 1 rings (SSSR count). The van der Waals surface area contributed by atoms with Crippen LogP contribution in [0.25, 0.3) is 0 Å². The Morgan fingerprint density at radius 1 is 1.65 bits per heavy atom. The second-order valence-corrected chi connectivity index (χ2v) is 3.84. The van der Waals surface area contributed by atoms with Crippen molar-refractivity contribution in [3.8, 4) is 5.75 Å². The molecule has 0 aliphatic rings. The van der Waals surface area contributed by atoms with E-state index in [0.717, 1.165) is 6.07 Å². The first kappa shape index (κ1) is 13.5. The molecule has 17 heavy (non-hydrogen) atoms. The molecule has 0 N–H and O–H groups in total. The first-order valence-corrected chi connectivity index (χ1v) is 5.43. The van der Waals surface area contributed by atoms with Crippen LogP contribution in [0.1, 0.15) is 5.56 Å². The second kappa shape index (κ2) is 5.67. The second-order valence-electron chi connectivity index (χ2n) is 3.52. The minimum atomic E-state index is -0.755. The van der Waals surface area contributed by atoms with Gasteiger partial charge in [-0.15, -0.1) is 0 Å². The number of nitro groups is 1. The highest BCUT2D eigenvalue weighted by Gasteiger charge is 2.16. The van der Waals surface area contributed by atoms with Gasteiger partial charge in [-0.2, -0.15) is 12.6 Å². The molecule has 0 aliphatic heterocycles. The number of thiol groups is 1. The number of nitrogens with zero attached hydrogens (tertiary/aromatic N) is 1. The number of aryl methyl sites for hydroxylation is 1. The molecule has 0 saturated carbocycles. The highest BCUT2D eigenvalue weighted by Crippen LogP contribution is 2.27. The van der Waals surface area contributed by atoms with Gasteiger partial charge in [0.15, 0.2) is 11.6 Å². The third kappa shape index (κ3) is 3.45. The van der Waals surface area contributed by atoms with E-state index in [1.807, 2.05) is 0 Å². The number of halogens is 1. The lowest BCUT2D eigenvalue weighted by atomic mass is 10.2. The Morgan fingerprint density at radius 3 is 2.82 bits per heavy atom. The van der Waals surface area contributed by atoms with Gasteiger partial charge in [-0.25, -0.2) is 4.39 Å². The summed E-state index contributed by atoms with van der Waals surface area (Å²) in [4.78, 5) is 9.94. The van der Waals surface area contributed by atoms with Gasteiger partial charge >= 0.3 is 0 Å². The number of ether oxygens (including phenoxy) is 1. The molecule has 0 atom stereocenters. The fourth-order valence-electron chi connectivity index (χ4n) is 1.18. The lowest BCUT2D eigenvalue weighted by molar-refractivity contribution is -0.385. The molecule has 92 valence electrons. The van der Waals surface area contributed by atoms with Crippen molar-refractivity contribution in [3.63, 3.8) is 0 Å². The summed E-state index contributed by atoms with van der Waals surface area (Å²) in [6.07, 6.45) is 0. The normalized spacial score (nSPS) is 10.1. The van der Waals surface area contributed by atoms with Crippen molar-refractivity contribution in [2.75, 3.05) is 12.4 Å². The van der Waals surface area contributed by atoms with Crippen molar-refractivity contribution < 1.29 is 14.1 Å². The minimum Gasteiger partial charge on any atom is -0.486 e. The van der Waals surface area contributed by atoms with Gasteiger partial charge in [0.05, 0.1) is 11.0 Å². The van der Waals surface area contributed by atoms with Gasteiger partial charge in [-0.1, -0.05) is 6.58 Å². The molecule has 0 unspecified atom stereocenters. The van der Waals surface area contributed by atoms with Crippen molar-refractivity contribution in [1.29, 1.82) is 0 Å². The Balaban J connectivity index is 2.92. The van der Waals surface area contributed by atoms with Crippen LogP contribution < -0.4 is 4.74 Å². The highest BCUT2D eigenvalue weighted by molar-refractivity contribution is 7.80. The Morgan fingerprint density at radius 2 is 2.29 bits per heavy atom. The molecule has 0 spiro atoms. The first-order chi connectivity index (χ1) is 7.95. The van der Waals surface area contributed by atoms with Gasteiger partial charge in [-0.3, -0.25) is 10.1 Å². The van der Waals surface area contributed by atoms with E-state index in [1.165, 1.54) is 13.0 Å². The molecule has 0 fully saturated rings. The molecule has 6 heteroatoms. The van der Waals surface area contributed by atoms with E-state index in [1.54, 1.807) is 0 Å². The van der Waals surface area contributed by atoms with E-state index in [-0.39, 0.29) is 18.0 Å². The van der Waals surface area contributed by atoms with Gasteiger partial charge in [0.2, 0.25) is 0 Å². The van der Waals surface area contributed by atoms with E-state index < -0.39 is 10.7 Å². The predicted molar refractivity (Wildman–Crippen MR) is 66.3 cm³/mol. The molecule has 0 heterocycles. The SMILES string of the molecule is C=C(CS)COc1cc(C)c([N+](=O)[O-])cc1F. The molecule has 0 aliphatic carbocycles. The smallest absolute Gasteiger partial charge is 0.275 e. The van der Waals surface area contributed by atoms with Gasteiger partial charge in [0.1, 0.15) is 6.61 Å². The van der Waals surface area contributed by atoms with Crippen LogP contribution >= 0.6 is 12.6 Å². The molecule has 4 nitrogen and oxygen atoms in total. The monoisotopic (exact) mass is 257 g/mol. The molecule has 1 aromatic rings. The van der Waals surface area contributed by atoms with Crippen LogP contribution in [-0.2, 0) is 0 Å². The topological polar surface area (TPSA) is 52.4 Å². The average Bonchev–Trinajstić information content (AvgIpc) is 2.28. The number of rotatable bonds is 5. The maximum absolute atomic E-state index is 13.5. The van der Waals surface area contributed by atoms with Gasteiger partial charge in [0.25, 0.3) is 5.69 Å². The summed E-state index contributed by atoms with van der Waals surface area (Å²) in [7, 11) is 0. The van der Waals surface area contributed by atoms with Crippen molar-refractivity contribution >= 4 is 18.3 Å². The van der Waals surface area contributed by atoms with Crippen LogP contribution in [0.3, 0.4) is 0 Å². The summed E-state index contributed by atoms with van der Waals surface area (Å²) in [6, 6.07) is 2.16. The molecular weight excluding hydrogens is 245 g/mol. The Bertz CT molecular complexity index is 462. The zero-order chi connectivity index (χ0) is 13.0. The zero-order valence-electron chi connectivity index (χ0n) is 9.27. The number of benzene rings is 1. The van der Waals surface area contributed by atoms with E-state index in [9.17, 15) is 14.5 Å². The largest absolute Gasteiger partial charge is 0.486 e. The van der Waals surface area contributed by atoms with Crippen LogP contribution in [0.2, 0.25) is 0 Å². The van der Waals surface area contributed by atoms with Crippen LogP contribution in [-0.4, -0.2) is 17.3 Å². The number of hydrogen-bond acceptors (Lipinski definition) is 4. The standard InChI is InChI=1S/C11H12FNO3S/c1-7(6-17)5-16-11-3-8(2)10(13(14)15)4-9(11)12/h3-4,17H,1,5-6H2,2H3. The molecule has 0 radical (unpaired) electrons. The van der Waals surface area contributed by atoms with E-state index in [4.69, 9.17) is 4.74 Å². The van der Waals surface area contributed by atoms with E-state index >= 15 is 0 Å². The predicted octanol–water partition coefficient (Wildman–Crippen LogP) is 2.91. The van der Waals surface area contributed by atoms with Gasteiger partial charge < -0.3 is 4.74 Å². The minimum absolute atomic E-state index is 0.0176. The fourth-order valence-corrected chi connectivity index (χ4v) is 1.27. The van der Waals surface area contributed by atoms with E-state index in [2.05, 4.69) is 19.2 Å². The Hall–Kier alpha value is -1.56. The van der Waals surface area contributed by atoms with Crippen LogP contribution in [0.5, 0.6) is 5.75 Å². The molecule has 0 aromatic heterocycles. The van der Waals surface area contributed by atoms with Crippen molar-refractivity contribution in [2.24, 2.45) is 0 Å². The van der Waals surface area contributed by atoms with Crippen molar-refractivity contribution in [3.05, 3.63) is 45.8 Å². The molecule has 0 saturated heterocycles. The molecule has 1 aromatic carbocycles. The summed E-state index contributed by atoms with van der Waals surface area (Å²) in [5.74, 6) is -0.335. The van der Waals surface area contributed by atoms with Gasteiger partial charge in [-0.05, 0) is 18.6 Å². The first-order valence-electron chi connectivity index (χ1n) is 4.80. The third-order valence-electron chi connectivity index (χ3n) is 2.10. The summed E-state index contributed by atoms with van der Waals surface area (Å²) in [5.41, 5.74) is 0.787. The molecule has 0 bridgehead atoms. The summed E-state index contributed by atoms with van der Waals surface area (Å²) in [5, 5.41) is 10.6. The quantitative estimate of drug-likeness (QED) is 0.382. The van der Waals surface area contributed by atoms with Crippen LogP contribution in [0.4, 0.5) is 10.1 Å². The van der Waals surface area contributed by atoms with Gasteiger partial charge in [0, 0.05) is 11.3 Å². The zero-order valence-corrected chi connectivity index (χ0v) is 10.2. The maximum atomic E-state index is 13.5. The number of nitro benzene ring substituents is 1. The lowest BCUT2D eigenvalue weighted by Gasteiger charge is -2.08. The maximum Gasteiger partial charge on any atom is 0.275 e. The third-order valence-corrected chi connectivity index (χ3v) is 2.55. The number of hydrogen-bond donors (Lipinski definition) is 1. The average molecular weight is 257 g/mol. The fraction of sp³-hybridized carbons (Fsp3) is 0.273. The lowest BCUT2D eigenvalue weighted by Crippen LogP contribution is -2.04. The summed E-state index contributed by atoms with van der Waals surface area (Å²) < 4.78 is 18.6.